The minimum absolute atomic E-state index is 0. The van der Waals surface area contributed by atoms with Crippen molar-refractivity contribution < 1.29 is 17.0 Å². The Kier molecular flexibility index (Phi) is 9.74. The van der Waals surface area contributed by atoms with Crippen LogP contribution in [-0.4, -0.2) is 4.57 Å². The summed E-state index contributed by atoms with van der Waals surface area (Å²) >= 11 is 17.8. The van der Waals surface area contributed by atoms with Crippen LogP contribution in [0.25, 0.3) is 11.0 Å². The van der Waals surface area contributed by atoms with Crippen LogP contribution < -0.4 is 22.7 Å². The molecular formula is C23H20Br4ClN3S2. The van der Waals surface area contributed by atoms with Gasteiger partial charge in [-0.25, -0.2) is 9.13 Å². The van der Waals surface area contributed by atoms with E-state index < -0.39 is 0 Å². The first-order chi connectivity index (χ1) is 15.2. The lowest BCUT2D eigenvalue weighted by molar-refractivity contribution is -0.635. The molecule has 10 heteroatoms. The van der Waals surface area contributed by atoms with Crippen LogP contribution in [0, 0.1) is 13.8 Å². The van der Waals surface area contributed by atoms with Crippen molar-refractivity contribution in [2.75, 3.05) is 5.73 Å². The molecule has 4 aromatic rings. The summed E-state index contributed by atoms with van der Waals surface area (Å²) in [6.07, 6.45) is 0. The first kappa shape index (κ1) is 27.4. The number of hydrogen-bond acceptors (Lipinski definition) is 3. The summed E-state index contributed by atoms with van der Waals surface area (Å²) in [7, 11) is 0. The molecule has 33 heavy (non-hydrogen) atoms. The van der Waals surface area contributed by atoms with Crippen LogP contribution in [0.15, 0.2) is 76.2 Å². The number of anilines is 1. The van der Waals surface area contributed by atoms with Crippen molar-refractivity contribution in [1.82, 2.24) is 4.57 Å². The second-order valence-electron chi connectivity index (χ2n) is 7.40. The normalized spacial score (nSPS) is 11.1. The van der Waals surface area contributed by atoms with Crippen LogP contribution >= 0.6 is 87.2 Å². The predicted octanol–water partition coefficient (Wildman–Crippen LogP) is 5.68. The SMILES string of the molecule is Cc1cc2c(cc1C)[n+](CSc1cc(Br)cc(Br)c1)c(N)n2CSc1cc(Br)cc(Br)c1.[Cl-]. The summed E-state index contributed by atoms with van der Waals surface area (Å²) in [4.78, 5) is 2.35. The summed E-state index contributed by atoms with van der Waals surface area (Å²) < 4.78 is 8.63. The number of nitrogen functional groups attached to an aromatic ring is 1. The number of aromatic nitrogens is 2. The smallest absolute Gasteiger partial charge is 0.357 e. The van der Waals surface area contributed by atoms with Crippen molar-refractivity contribution in [3.05, 3.63) is 77.5 Å². The Morgan fingerprint density at radius 3 is 1.79 bits per heavy atom. The highest BCUT2D eigenvalue weighted by atomic mass is 79.9. The molecule has 0 bridgehead atoms. The molecule has 0 saturated carbocycles. The molecule has 0 radical (unpaired) electrons. The van der Waals surface area contributed by atoms with Gasteiger partial charge >= 0.3 is 5.95 Å². The second kappa shape index (κ2) is 11.7. The minimum Gasteiger partial charge on any atom is -1.00 e. The van der Waals surface area contributed by atoms with Crippen molar-refractivity contribution in [2.24, 2.45) is 0 Å². The highest BCUT2D eigenvalue weighted by Crippen LogP contribution is 2.32. The molecule has 174 valence electrons. The Bertz CT molecular complexity index is 1190. The van der Waals surface area contributed by atoms with Gasteiger partial charge in [-0.2, -0.15) is 0 Å². The van der Waals surface area contributed by atoms with Gasteiger partial charge in [-0.3, -0.25) is 5.73 Å². The number of imidazole rings is 1. The van der Waals surface area contributed by atoms with Gasteiger partial charge in [0.25, 0.3) is 0 Å². The molecule has 0 aliphatic heterocycles. The molecule has 0 aliphatic carbocycles. The van der Waals surface area contributed by atoms with Gasteiger partial charge in [0.2, 0.25) is 0 Å². The van der Waals surface area contributed by atoms with Crippen LogP contribution in [0.4, 0.5) is 5.95 Å². The standard InChI is InChI=1S/C23H19Br4N3S2.ClH/c1-13-3-21-22(4-14(13)2)30(12-32-20-9-17(26)6-18(27)10-20)23(28)29(21)11-31-19-7-15(24)5-16(25)8-19;/h3-10,28H,11-12H2,1-2H3;1H. The molecule has 0 unspecified atom stereocenters. The Balaban J connectivity index is 0.00000306. The van der Waals surface area contributed by atoms with E-state index >= 15 is 0 Å². The van der Waals surface area contributed by atoms with E-state index in [0.29, 0.717) is 0 Å². The van der Waals surface area contributed by atoms with Gasteiger partial charge in [-0.05, 0) is 73.5 Å². The van der Waals surface area contributed by atoms with Crippen molar-refractivity contribution in [2.45, 2.75) is 35.4 Å². The molecule has 0 fully saturated rings. The first-order valence-corrected chi connectivity index (χ1v) is 14.8. The van der Waals surface area contributed by atoms with Gasteiger partial charge in [0.15, 0.2) is 0 Å². The molecule has 0 aliphatic rings. The zero-order valence-electron chi connectivity index (χ0n) is 17.7. The summed E-state index contributed by atoms with van der Waals surface area (Å²) in [5, 5.41) is 0. The average Bonchev–Trinajstić information content (AvgIpc) is 2.94. The highest BCUT2D eigenvalue weighted by Gasteiger charge is 2.22. The van der Waals surface area contributed by atoms with Gasteiger partial charge in [-0.15, -0.1) is 0 Å². The van der Waals surface area contributed by atoms with E-state index in [1.807, 2.05) is 12.1 Å². The maximum atomic E-state index is 6.73. The van der Waals surface area contributed by atoms with E-state index in [4.69, 9.17) is 5.73 Å². The number of aryl methyl sites for hydroxylation is 2. The number of rotatable bonds is 6. The van der Waals surface area contributed by atoms with Crippen molar-refractivity contribution >= 4 is 104 Å². The number of hydrogen-bond donors (Lipinski definition) is 1. The van der Waals surface area contributed by atoms with E-state index in [0.717, 1.165) is 46.6 Å². The number of nitrogens with zero attached hydrogens (tertiary/aromatic N) is 2. The lowest BCUT2D eigenvalue weighted by Gasteiger charge is -2.05. The van der Waals surface area contributed by atoms with Gasteiger partial charge in [0.1, 0.15) is 22.8 Å². The summed E-state index contributed by atoms with van der Waals surface area (Å²) in [6.45, 7) is 4.30. The van der Waals surface area contributed by atoms with E-state index in [-0.39, 0.29) is 12.4 Å². The summed E-state index contributed by atoms with van der Waals surface area (Å²) in [5.74, 6) is 2.22. The quantitative estimate of drug-likeness (QED) is 0.203. The Morgan fingerprint density at radius 1 is 0.758 bits per heavy atom. The monoisotopic (exact) mass is 753 g/mol. The zero-order valence-corrected chi connectivity index (χ0v) is 26.4. The third-order valence-corrected chi connectivity index (χ3v) is 8.86. The maximum Gasteiger partial charge on any atom is 0.357 e. The maximum absolute atomic E-state index is 6.73. The Hall–Kier alpha value is -0.160. The van der Waals surface area contributed by atoms with Crippen LogP contribution in [0.2, 0.25) is 0 Å². The molecule has 2 N–H and O–H groups in total. The third-order valence-electron chi connectivity index (χ3n) is 5.12. The molecule has 0 amide bonds. The molecular weight excluding hydrogens is 737 g/mol. The Morgan fingerprint density at radius 2 is 1.24 bits per heavy atom. The lowest BCUT2D eigenvalue weighted by Crippen LogP contribution is -3.00. The van der Waals surface area contributed by atoms with E-state index in [1.165, 1.54) is 20.9 Å². The second-order valence-corrected chi connectivity index (χ2v) is 13.1. The van der Waals surface area contributed by atoms with Crippen LogP contribution in [0.5, 0.6) is 0 Å². The largest absolute Gasteiger partial charge is 1.00 e. The summed E-state index contributed by atoms with van der Waals surface area (Å²) in [5.41, 5.74) is 11.6. The fraction of sp³-hybridized carbons (Fsp3) is 0.174. The molecule has 3 nitrogen and oxygen atoms in total. The highest BCUT2D eigenvalue weighted by molar-refractivity contribution is 9.11. The molecule has 3 aromatic carbocycles. The average molecular weight is 758 g/mol. The van der Waals surface area contributed by atoms with Crippen LogP contribution in [-0.2, 0) is 11.8 Å². The van der Waals surface area contributed by atoms with Gasteiger partial charge < -0.3 is 12.4 Å². The molecule has 0 spiro atoms. The third kappa shape index (κ3) is 6.54. The van der Waals surface area contributed by atoms with E-state index in [1.54, 1.807) is 23.5 Å². The van der Waals surface area contributed by atoms with Gasteiger partial charge in [0.05, 0.1) is 0 Å². The number of fused-ring (bicyclic) bond motifs is 1. The van der Waals surface area contributed by atoms with Crippen molar-refractivity contribution in [3.8, 4) is 0 Å². The van der Waals surface area contributed by atoms with Gasteiger partial charge in [-0.1, -0.05) is 87.2 Å². The van der Waals surface area contributed by atoms with Crippen molar-refractivity contribution in [3.63, 3.8) is 0 Å². The number of benzene rings is 3. The number of nitrogens with two attached hydrogens (primary N) is 1. The number of thioether (sulfide) groups is 2. The van der Waals surface area contributed by atoms with Crippen LogP contribution in [0.3, 0.4) is 0 Å². The Labute approximate surface area is 242 Å². The van der Waals surface area contributed by atoms with Gasteiger partial charge in [0, 0.05) is 27.7 Å². The molecule has 0 saturated heterocycles. The number of halogens is 5. The van der Waals surface area contributed by atoms with Crippen LogP contribution in [0.1, 0.15) is 11.1 Å². The van der Waals surface area contributed by atoms with E-state index in [2.05, 4.69) is 123 Å². The minimum atomic E-state index is 0. The molecule has 4 rings (SSSR count). The van der Waals surface area contributed by atoms with E-state index in [9.17, 15) is 0 Å². The summed E-state index contributed by atoms with van der Waals surface area (Å²) in [6, 6.07) is 17.1. The first-order valence-electron chi connectivity index (χ1n) is 9.68. The topological polar surface area (TPSA) is 34.8 Å². The molecule has 0 atom stereocenters. The molecule has 1 aromatic heterocycles. The fourth-order valence-electron chi connectivity index (χ4n) is 3.38. The van der Waals surface area contributed by atoms with Crippen molar-refractivity contribution in [1.29, 1.82) is 0 Å². The molecule has 1 heterocycles. The fourth-order valence-corrected chi connectivity index (χ4v) is 8.52. The lowest BCUT2D eigenvalue weighted by atomic mass is 10.1. The zero-order chi connectivity index (χ0) is 23.0. The predicted molar refractivity (Wildman–Crippen MR) is 151 cm³/mol.